The molecule has 0 atom stereocenters. The van der Waals surface area contributed by atoms with Gasteiger partial charge in [-0.1, -0.05) is 24.3 Å². The average molecular weight is 327 g/mol. The summed E-state index contributed by atoms with van der Waals surface area (Å²) in [6.45, 7) is 0. The summed E-state index contributed by atoms with van der Waals surface area (Å²) in [6.07, 6.45) is 0.772. The molecule has 0 aliphatic carbocycles. The Bertz CT molecular complexity index is 698. The van der Waals surface area contributed by atoms with Crippen LogP contribution in [0.4, 0.5) is 11.4 Å². The van der Waals surface area contributed by atoms with Crippen LogP contribution in [-0.2, 0) is 15.9 Å². The van der Waals surface area contributed by atoms with Crippen LogP contribution in [0.5, 0.6) is 0 Å². The van der Waals surface area contributed by atoms with E-state index in [0.29, 0.717) is 5.69 Å². The first-order valence-corrected chi connectivity index (χ1v) is 7.28. The number of benzene rings is 2. The monoisotopic (exact) mass is 327 g/mol. The number of anilines is 2. The van der Waals surface area contributed by atoms with Gasteiger partial charge in [0, 0.05) is 5.69 Å². The van der Waals surface area contributed by atoms with Crippen LogP contribution in [-0.4, -0.2) is 26.3 Å². The number of hydrogen-bond acceptors (Lipinski definition) is 5. The van der Waals surface area contributed by atoms with E-state index in [1.54, 1.807) is 0 Å². The van der Waals surface area contributed by atoms with Gasteiger partial charge >= 0.3 is 6.02 Å². The molecule has 126 valence electrons. The van der Waals surface area contributed by atoms with E-state index >= 15 is 0 Å². The van der Waals surface area contributed by atoms with Crippen LogP contribution in [0.25, 0.3) is 0 Å². The van der Waals surface area contributed by atoms with E-state index in [1.807, 2.05) is 48.5 Å². The molecule has 0 radical (unpaired) electrons. The van der Waals surface area contributed by atoms with Crippen molar-refractivity contribution >= 4 is 23.4 Å². The summed E-state index contributed by atoms with van der Waals surface area (Å²) < 4.78 is 9.56. The molecule has 0 unspecified atom stereocenters. The lowest BCUT2D eigenvalue weighted by molar-refractivity contribution is 0.387. The van der Waals surface area contributed by atoms with Crippen molar-refractivity contribution in [2.75, 3.05) is 24.5 Å². The lowest BCUT2D eigenvalue weighted by Crippen LogP contribution is -2.37. The molecule has 5 N–H and O–H groups in total. The van der Waals surface area contributed by atoms with Gasteiger partial charge < -0.3 is 14.8 Å². The molecule has 7 heteroatoms. The van der Waals surface area contributed by atoms with Gasteiger partial charge in [0.2, 0.25) is 0 Å². The average Bonchev–Trinajstić information content (AvgIpc) is 2.62. The van der Waals surface area contributed by atoms with E-state index < -0.39 is 0 Å². The van der Waals surface area contributed by atoms with Gasteiger partial charge in [0.15, 0.2) is 0 Å². The van der Waals surface area contributed by atoms with E-state index in [1.165, 1.54) is 19.2 Å². The number of methoxy groups -OCH3 is 2. The van der Waals surface area contributed by atoms with Gasteiger partial charge in [0.05, 0.1) is 19.9 Å². The second-order valence-corrected chi connectivity index (χ2v) is 5.08. The predicted molar refractivity (Wildman–Crippen MR) is 95.5 cm³/mol. The maximum absolute atomic E-state index is 7.55. The van der Waals surface area contributed by atoms with E-state index in [9.17, 15) is 0 Å². The fourth-order valence-corrected chi connectivity index (χ4v) is 2.11. The van der Waals surface area contributed by atoms with Crippen LogP contribution in [0.15, 0.2) is 48.5 Å². The van der Waals surface area contributed by atoms with Crippen LogP contribution in [0.1, 0.15) is 11.1 Å². The lowest BCUT2D eigenvalue weighted by Gasteiger charge is -2.17. The normalized spacial score (nSPS) is 9.96. The van der Waals surface area contributed by atoms with Gasteiger partial charge in [-0.05, 0) is 41.8 Å². The van der Waals surface area contributed by atoms with Crippen molar-refractivity contribution in [2.45, 2.75) is 6.42 Å². The van der Waals surface area contributed by atoms with Crippen LogP contribution in [0, 0.1) is 10.8 Å². The Balaban J connectivity index is 2.01. The summed E-state index contributed by atoms with van der Waals surface area (Å²) in [4.78, 5) is 0. The third-order valence-corrected chi connectivity index (χ3v) is 3.45. The standard InChI is InChI=1S/C17H21N5O2/c1-23-16(18)21-14-7-3-12(4-8-14)11-13-5-9-15(10-6-13)22(20)17(19)24-2/h3-10,19H,11,20H2,1-2H3,(H2,18,21). The zero-order valence-electron chi connectivity index (χ0n) is 13.7. The Hall–Kier alpha value is -3.06. The molecule has 0 spiro atoms. The van der Waals surface area contributed by atoms with Gasteiger partial charge in [-0.25, -0.2) is 16.3 Å². The van der Waals surface area contributed by atoms with Crippen molar-refractivity contribution in [3.8, 4) is 0 Å². The quantitative estimate of drug-likeness (QED) is 0.299. The third-order valence-electron chi connectivity index (χ3n) is 3.45. The highest BCUT2D eigenvalue weighted by Crippen LogP contribution is 2.17. The van der Waals surface area contributed by atoms with Crippen LogP contribution in [0.3, 0.4) is 0 Å². The summed E-state index contributed by atoms with van der Waals surface area (Å²) >= 11 is 0. The minimum atomic E-state index is -0.118. The Labute approximate surface area is 141 Å². The zero-order chi connectivity index (χ0) is 17.5. The summed E-state index contributed by atoms with van der Waals surface area (Å²) in [7, 11) is 2.85. The van der Waals surface area contributed by atoms with Gasteiger partial charge in [-0.3, -0.25) is 5.41 Å². The van der Waals surface area contributed by atoms with Gasteiger partial charge in [-0.2, -0.15) is 0 Å². The largest absolute Gasteiger partial charge is 0.469 e. The maximum atomic E-state index is 7.55. The molecule has 0 aliphatic heterocycles. The molecule has 0 heterocycles. The van der Waals surface area contributed by atoms with Crippen LogP contribution < -0.4 is 16.2 Å². The number of hydrazine groups is 1. The molecule has 2 rings (SSSR count). The number of amidine groups is 2. The molecule has 2 aromatic rings. The molecule has 7 nitrogen and oxygen atoms in total. The second kappa shape index (κ2) is 7.98. The molecule has 0 fully saturated rings. The first-order valence-electron chi connectivity index (χ1n) is 7.28. The summed E-state index contributed by atoms with van der Waals surface area (Å²) in [5.74, 6) is 5.77. The summed E-state index contributed by atoms with van der Waals surface area (Å²) in [6, 6.07) is 15.3. The zero-order valence-corrected chi connectivity index (χ0v) is 13.7. The van der Waals surface area contributed by atoms with Crippen molar-refractivity contribution in [1.29, 1.82) is 10.8 Å². The number of nitrogens with zero attached hydrogens (tertiary/aromatic N) is 1. The van der Waals surface area contributed by atoms with E-state index in [2.05, 4.69) is 5.32 Å². The third kappa shape index (κ3) is 4.47. The SMILES string of the molecule is COC(=N)Nc1ccc(Cc2ccc(N(N)C(=N)OC)cc2)cc1. The lowest BCUT2D eigenvalue weighted by atomic mass is 10.0. The molecule has 0 aliphatic rings. The second-order valence-electron chi connectivity index (χ2n) is 5.08. The molecule has 0 aromatic heterocycles. The summed E-state index contributed by atoms with van der Waals surface area (Å²) in [5.41, 5.74) is 3.76. The number of ether oxygens (including phenoxy) is 2. The van der Waals surface area contributed by atoms with Crippen LogP contribution >= 0.6 is 0 Å². The first-order chi connectivity index (χ1) is 11.5. The van der Waals surface area contributed by atoms with Crippen LogP contribution in [0.2, 0.25) is 0 Å². The number of rotatable bonds is 4. The Morgan fingerprint density at radius 2 is 1.50 bits per heavy atom. The van der Waals surface area contributed by atoms with Crippen molar-refractivity contribution in [1.82, 2.24) is 0 Å². The Morgan fingerprint density at radius 1 is 0.958 bits per heavy atom. The minimum absolute atomic E-state index is 0.00584. The number of nitrogens with one attached hydrogen (secondary N) is 3. The highest BCUT2D eigenvalue weighted by atomic mass is 16.5. The van der Waals surface area contributed by atoms with Gasteiger partial charge in [0.1, 0.15) is 0 Å². The molecule has 2 aromatic carbocycles. The minimum Gasteiger partial charge on any atom is -0.469 e. The van der Waals surface area contributed by atoms with Crippen molar-refractivity contribution in [3.63, 3.8) is 0 Å². The molecular formula is C17H21N5O2. The number of nitrogens with two attached hydrogens (primary N) is 1. The van der Waals surface area contributed by atoms with Crippen molar-refractivity contribution in [2.24, 2.45) is 5.84 Å². The Kier molecular flexibility index (Phi) is 5.75. The van der Waals surface area contributed by atoms with Gasteiger partial charge in [-0.15, -0.1) is 0 Å². The predicted octanol–water partition coefficient (Wildman–Crippen LogP) is 2.53. The first kappa shape index (κ1) is 17.3. The fraction of sp³-hybridized carbons (Fsp3) is 0.176. The molecule has 0 saturated heterocycles. The van der Waals surface area contributed by atoms with Crippen molar-refractivity contribution in [3.05, 3.63) is 59.7 Å². The van der Waals surface area contributed by atoms with Crippen molar-refractivity contribution < 1.29 is 9.47 Å². The van der Waals surface area contributed by atoms with Gasteiger partial charge in [0.25, 0.3) is 6.02 Å². The highest BCUT2D eigenvalue weighted by molar-refractivity contribution is 5.88. The smallest absolute Gasteiger partial charge is 0.303 e. The van der Waals surface area contributed by atoms with E-state index in [0.717, 1.165) is 23.2 Å². The topological polar surface area (TPSA) is 107 Å². The Morgan fingerprint density at radius 3 is 2.00 bits per heavy atom. The molecule has 0 bridgehead atoms. The molecule has 0 amide bonds. The van der Waals surface area contributed by atoms with E-state index in [4.69, 9.17) is 26.1 Å². The molecule has 24 heavy (non-hydrogen) atoms. The number of hydrogen-bond donors (Lipinski definition) is 4. The summed E-state index contributed by atoms with van der Waals surface area (Å²) in [5, 5.41) is 19.0. The van der Waals surface area contributed by atoms with E-state index in [-0.39, 0.29) is 12.0 Å². The fourth-order valence-electron chi connectivity index (χ4n) is 2.11. The molecular weight excluding hydrogens is 306 g/mol. The molecule has 0 saturated carbocycles. The maximum Gasteiger partial charge on any atom is 0.303 e. The highest BCUT2D eigenvalue weighted by Gasteiger charge is 2.07.